The van der Waals surface area contributed by atoms with Crippen molar-refractivity contribution in [3.8, 4) is 0 Å². The number of hydrogen-bond acceptors (Lipinski definition) is 1. The van der Waals surface area contributed by atoms with E-state index in [1.165, 1.54) is 33.4 Å². The minimum Gasteiger partial charge on any atom is -0.357 e. The van der Waals surface area contributed by atoms with Crippen molar-refractivity contribution in [1.29, 1.82) is 0 Å². The Morgan fingerprint density at radius 2 is 1.61 bits per heavy atom. The van der Waals surface area contributed by atoms with Gasteiger partial charge in [-0.05, 0) is 33.4 Å². The molecule has 6 rings (SSSR count). The molecular formula is C22H18O. The maximum absolute atomic E-state index is 6.14. The third-order valence-corrected chi connectivity index (χ3v) is 6.95. The molecule has 0 N–H and O–H groups in total. The van der Waals surface area contributed by atoms with Gasteiger partial charge in [-0.25, -0.2) is 0 Å². The molecule has 0 unspecified atom stereocenters. The number of ether oxygens (including phenoxy) is 1. The van der Waals surface area contributed by atoms with Gasteiger partial charge in [-0.2, -0.15) is 0 Å². The Hall–Kier alpha value is -2.12. The highest BCUT2D eigenvalue weighted by atomic mass is 16.5. The Morgan fingerprint density at radius 3 is 2.52 bits per heavy atom. The van der Waals surface area contributed by atoms with E-state index in [9.17, 15) is 0 Å². The van der Waals surface area contributed by atoms with Crippen molar-refractivity contribution in [2.45, 2.75) is 26.1 Å². The molecule has 0 saturated carbocycles. The summed E-state index contributed by atoms with van der Waals surface area (Å²) >= 11 is 0. The fourth-order valence-corrected chi connectivity index (χ4v) is 5.47. The predicted octanol–water partition coefficient (Wildman–Crippen LogP) is 4.51. The zero-order valence-electron chi connectivity index (χ0n) is 13.3. The summed E-state index contributed by atoms with van der Waals surface area (Å²) in [4.78, 5) is 0. The van der Waals surface area contributed by atoms with E-state index < -0.39 is 0 Å². The topological polar surface area (TPSA) is 9.23 Å². The van der Waals surface area contributed by atoms with Crippen LogP contribution in [0.4, 0.5) is 0 Å². The van der Waals surface area contributed by atoms with Crippen LogP contribution in [0.5, 0.6) is 0 Å². The molecule has 1 heteroatoms. The van der Waals surface area contributed by atoms with Gasteiger partial charge in [0.2, 0.25) is 0 Å². The molecular weight excluding hydrogens is 280 g/mol. The molecule has 112 valence electrons. The summed E-state index contributed by atoms with van der Waals surface area (Å²) in [5, 5.41) is 0. The standard InChI is InChI=1S/C22H18O/c1-21-13-4-3-5-14(21)8-9-17-20-16(18-10-11-19(20)23-18)12-15(7-6-13)22(17,21)2/h3-12,18-19H,1-2H3/t18-,19+,21+,22+/m0/s1. The van der Waals surface area contributed by atoms with Crippen molar-refractivity contribution in [2.24, 2.45) is 10.8 Å². The normalized spacial score (nSPS) is 43.7. The summed E-state index contributed by atoms with van der Waals surface area (Å²) in [6.45, 7) is 4.83. The zero-order valence-corrected chi connectivity index (χ0v) is 13.3. The SMILES string of the molecule is C[C@]12C3=CC=CC1=CC=C1C=C4C(=C(C=C3)[C@@]12C)[C@H]1C=C[C@@H]4O1. The van der Waals surface area contributed by atoms with Gasteiger partial charge in [0.1, 0.15) is 12.2 Å². The smallest absolute Gasteiger partial charge is 0.103 e. The molecule has 1 saturated heterocycles. The highest BCUT2D eigenvalue weighted by Crippen LogP contribution is 2.67. The summed E-state index contributed by atoms with van der Waals surface area (Å²) in [5.41, 5.74) is 8.51. The van der Waals surface area contributed by atoms with Gasteiger partial charge >= 0.3 is 0 Å². The second-order valence-electron chi connectivity index (χ2n) is 7.60. The van der Waals surface area contributed by atoms with Gasteiger partial charge in [0, 0.05) is 10.8 Å². The summed E-state index contributed by atoms with van der Waals surface area (Å²) < 4.78 is 6.14. The maximum atomic E-state index is 6.14. The van der Waals surface area contributed by atoms with Crippen LogP contribution in [-0.2, 0) is 4.74 Å². The van der Waals surface area contributed by atoms with E-state index >= 15 is 0 Å². The monoisotopic (exact) mass is 298 g/mol. The maximum Gasteiger partial charge on any atom is 0.103 e. The second kappa shape index (κ2) is 3.52. The van der Waals surface area contributed by atoms with Crippen LogP contribution in [0.1, 0.15) is 13.8 Å². The van der Waals surface area contributed by atoms with Crippen LogP contribution in [0.25, 0.3) is 0 Å². The van der Waals surface area contributed by atoms with E-state index in [0.717, 1.165) is 0 Å². The fraction of sp³-hybridized carbons (Fsp3) is 0.273. The van der Waals surface area contributed by atoms with Gasteiger partial charge in [0.15, 0.2) is 0 Å². The minimum absolute atomic E-state index is 0.0104. The molecule has 2 heterocycles. The largest absolute Gasteiger partial charge is 0.357 e. The van der Waals surface area contributed by atoms with Crippen LogP contribution in [-0.4, -0.2) is 12.2 Å². The van der Waals surface area contributed by atoms with Crippen molar-refractivity contribution in [3.05, 3.63) is 94.2 Å². The van der Waals surface area contributed by atoms with Gasteiger partial charge in [0.25, 0.3) is 0 Å². The Bertz CT molecular complexity index is 927. The van der Waals surface area contributed by atoms with Gasteiger partial charge < -0.3 is 4.74 Å². The van der Waals surface area contributed by atoms with Crippen LogP contribution in [0, 0.1) is 10.8 Å². The second-order valence-corrected chi connectivity index (χ2v) is 7.60. The molecule has 0 aromatic rings. The molecule has 4 aliphatic carbocycles. The first-order valence-corrected chi connectivity index (χ1v) is 8.44. The van der Waals surface area contributed by atoms with E-state index in [-0.39, 0.29) is 23.0 Å². The van der Waals surface area contributed by atoms with Gasteiger partial charge in [-0.3, -0.25) is 0 Å². The van der Waals surface area contributed by atoms with Gasteiger partial charge in [0.05, 0.1) is 0 Å². The van der Waals surface area contributed by atoms with Crippen molar-refractivity contribution in [1.82, 2.24) is 0 Å². The molecule has 0 aromatic heterocycles. The van der Waals surface area contributed by atoms with Crippen molar-refractivity contribution < 1.29 is 4.74 Å². The van der Waals surface area contributed by atoms with Crippen LogP contribution in [0.3, 0.4) is 0 Å². The third kappa shape index (κ3) is 1.10. The fourth-order valence-electron chi connectivity index (χ4n) is 5.47. The number of hydrogen-bond donors (Lipinski definition) is 0. The molecule has 23 heavy (non-hydrogen) atoms. The first kappa shape index (κ1) is 12.3. The quantitative estimate of drug-likeness (QED) is 0.598. The van der Waals surface area contributed by atoms with E-state index in [1.54, 1.807) is 0 Å². The Balaban J connectivity index is 1.76. The van der Waals surface area contributed by atoms with E-state index in [4.69, 9.17) is 4.74 Å². The summed E-state index contributed by atoms with van der Waals surface area (Å²) in [6.07, 6.45) is 23.2. The first-order valence-electron chi connectivity index (χ1n) is 8.44. The van der Waals surface area contributed by atoms with Crippen molar-refractivity contribution in [3.63, 3.8) is 0 Å². The summed E-state index contributed by atoms with van der Waals surface area (Å²) in [7, 11) is 0. The van der Waals surface area contributed by atoms with Gasteiger partial charge in [-0.15, -0.1) is 0 Å². The third-order valence-electron chi connectivity index (χ3n) is 6.95. The number of fused-ring (bicyclic) bond motifs is 5. The Labute approximate surface area is 136 Å². The molecule has 0 radical (unpaired) electrons. The lowest BCUT2D eigenvalue weighted by Gasteiger charge is -2.56. The molecule has 6 aliphatic rings. The lowest BCUT2D eigenvalue weighted by atomic mass is 9.45. The van der Waals surface area contributed by atoms with Crippen LogP contribution < -0.4 is 0 Å². The summed E-state index contributed by atoms with van der Waals surface area (Å²) in [6, 6.07) is 0. The highest BCUT2D eigenvalue weighted by molar-refractivity contribution is 5.72. The summed E-state index contributed by atoms with van der Waals surface area (Å²) in [5.74, 6) is 0. The lowest BCUT2D eigenvalue weighted by Crippen LogP contribution is -2.48. The van der Waals surface area contributed by atoms with Crippen LogP contribution in [0.2, 0.25) is 0 Å². The molecule has 1 fully saturated rings. The predicted molar refractivity (Wildman–Crippen MR) is 91.7 cm³/mol. The Kier molecular flexibility index (Phi) is 1.88. The molecule has 2 aliphatic heterocycles. The average molecular weight is 298 g/mol. The zero-order chi connectivity index (χ0) is 15.4. The van der Waals surface area contributed by atoms with Crippen LogP contribution >= 0.6 is 0 Å². The van der Waals surface area contributed by atoms with Crippen molar-refractivity contribution in [2.75, 3.05) is 0 Å². The van der Waals surface area contributed by atoms with Crippen molar-refractivity contribution >= 4 is 0 Å². The molecule has 2 bridgehead atoms. The molecule has 1 nitrogen and oxygen atoms in total. The van der Waals surface area contributed by atoms with E-state index in [2.05, 4.69) is 74.6 Å². The van der Waals surface area contributed by atoms with Gasteiger partial charge in [-0.1, -0.05) is 74.6 Å². The molecule has 0 spiro atoms. The first-order chi connectivity index (χ1) is 11.1. The Morgan fingerprint density at radius 1 is 0.826 bits per heavy atom. The highest BCUT2D eigenvalue weighted by Gasteiger charge is 2.58. The average Bonchev–Trinajstić information content (AvgIpc) is 3.14. The van der Waals surface area contributed by atoms with E-state index in [0.29, 0.717) is 0 Å². The van der Waals surface area contributed by atoms with Crippen LogP contribution in [0.15, 0.2) is 94.2 Å². The number of rotatable bonds is 0. The molecule has 0 aromatic carbocycles. The minimum atomic E-state index is -0.0110. The van der Waals surface area contributed by atoms with E-state index in [1.807, 2.05) is 0 Å². The number of allylic oxidation sites excluding steroid dienone is 12. The molecule has 4 atom stereocenters. The molecule has 0 amide bonds. The lowest BCUT2D eigenvalue weighted by molar-refractivity contribution is 0.138.